The van der Waals surface area contributed by atoms with Crippen LogP contribution in [0.25, 0.3) is 22.2 Å². The molecule has 1 aromatic carbocycles. The molecule has 0 spiro atoms. The van der Waals surface area contributed by atoms with Gasteiger partial charge in [0.25, 0.3) is 0 Å². The van der Waals surface area contributed by atoms with Crippen molar-refractivity contribution in [3.63, 3.8) is 0 Å². The molecule has 2 aromatic heterocycles. The maximum atomic E-state index is 16.6. The van der Waals surface area contributed by atoms with Crippen molar-refractivity contribution in [1.29, 1.82) is 0 Å². The Hall–Kier alpha value is -3.23. The van der Waals surface area contributed by atoms with E-state index in [0.717, 1.165) is 31.5 Å². The summed E-state index contributed by atoms with van der Waals surface area (Å²) in [6.07, 6.45) is -3.48. The number of nitrogen functional groups attached to an aromatic ring is 1. The number of hydrogen-bond donors (Lipinski definition) is 2. The molecule has 238 valence electrons. The first-order valence-electron chi connectivity index (χ1n) is 14.6. The molecule has 3 aliphatic rings. The van der Waals surface area contributed by atoms with Crippen LogP contribution >= 0.6 is 11.6 Å². The Kier molecular flexibility index (Phi) is 8.12. The molecule has 9 nitrogen and oxygen atoms in total. The monoisotopic (exact) mass is 641 g/mol. The highest BCUT2D eigenvalue weighted by atomic mass is 35.5. The van der Waals surface area contributed by atoms with E-state index in [4.69, 9.17) is 26.8 Å². The summed E-state index contributed by atoms with van der Waals surface area (Å²) in [5, 5.41) is 2.51. The normalized spacial score (nSPS) is 23.9. The van der Waals surface area contributed by atoms with Crippen LogP contribution in [0.1, 0.15) is 38.2 Å². The Balaban J connectivity index is 1.56. The molecule has 44 heavy (non-hydrogen) atoms. The van der Waals surface area contributed by atoms with Crippen molar-refractivity contribution in [1.82, 2.24) is 25.2 Å². The Morgan fingerprint density at radius 3 is 2.80 bits per heavy atom. The number of fused-ring (bicyclic) bond motifs is 1. The van der Waals surface area contributed by atoms with Gasteiger partial charge in [0.05, 0.1) is 22.7 Å². The van der Waals surface area contributed by atoms with Gasteiger partial charge in [-0.25, -0.2) is 13.8 Å². The molecule has 0 aliphatic carbocycles. The van der Waals surface area contributed by atoms with E-state index in [-0.39, 0.29) is 53.6 Å². The van der Waals surface area contributed by atoms with Crippen LogP contribution in [0, 0.1) is 5.82 Å². The number of nitrogens with two attached hydrogens (primary N) is 1. The number of rotatable bonds is 7. The number of nitrogens with zero attached hydrogens (tertiary/aromatic N) is 5. The summed E-state index contributed by atoms with van der Waals surface area (Å²) in [6.45, 7) is 4.30. The first kappa shape index (κ1) is 30.8. The molecule has 3 N–H and O–H groups in total. The molecule has 0 amide bonds. The third kappa shape index (κ3) is 5.45. The highest BCUT2D eigenvalue weighted by Crippen LogP contribution is 2.46. The second-order valence-electron chi connectivity index (χ2n) is 11.7. The summed E-state index contributed by atoms with van der Waals surface area (Å²) in [4.78, 5) is 17.3. The molecule has 2 saturated heterocycles. The SMILES string of the molecule is CNCCN1c2nc(OC[C@@]34CCCN3C[C@H](F)C4)nc3c(F)c(-c4cc(N)cc(Cl)c4C(F)(F)F)nc(c23)OCCC1C. The van der Waals surface area contributed by atoms with Gasteiger partial charge in [0.1, 0.15) is 35.2 Å². The zero-order chi connectivity index (χ0) is 31.4. The predicted molar refractivity (Wildman–Crippen MR) is 157 cm³/mol. The number of alkyl halides is 4. The third-order valence-electron chi connectivity index (χ3n) is 8.78. The lowest BCUT2D eigenvalue weighted by Crippen LogP contribution is -2.43. The minimum absolute atomic E-state index is 0.0798. The molecular weight excluding hydrogens is 609 g/mol. The second-order valence-corrected chi connectivity index (χ2v) is 12.1. The predicted octanol–water partition coefficient (Wildman–Crippen LogP) is 5.24. The molecule has 5 heterocycles. The van der Waals surface area contributed by atoms with Crippen LogP contribution in [0.15, 0.2) is 12.1 Å². The quantitative estimate of drug-likeness (QED) is 0.265. The van der Waals surface area contributed by atoms with E-state index in [2.05, 4.69) is 25.2 Å². The molecular formula is C29H33ClF5N7O2. The van der Waals surface area contributed by atoms with E-state index in [9.17, 15) is 17.6 Å². The summed E-state index contributed by atoms with van der Waals surface area (Å²) in [5.74, 6) is -0.986. The smallest absolute Gasteiger partial charge is 0.418 e. The number of aromatic nitrogens is 3. The number of halogens is 6. The third-order valence-corrected chi connectivity index (χ3v) is 9.07. The van der Waals surface area contributed by atoms with Crippen molar-refractivity contribution in [2.24, 2.45) is 0 Å². The summed E-state index contributed by atoms with van der Waals surface area (Å²) < 4.78 is 85.7. The van der Waals surface area contributed by atoms with E-state index in [1.807, 2.05) is 11.8 Å². The molecule has 0 saturated carbocycles. The van der Waals surface area contributed by atoms with Crippen molar-refractivity contribution in [3.05, 3.63) is 28.5 Å². The van der Waals surface area contributed by atoms with Crippen LogP contribution in [-0.4, -0.2) is 84.0 Å². The minimum atomic E-state index is -4.94. The zero-order valence-electron chi connectivity index (χ0n) is 24.3. The van der Waals surface area contributed by atoms with Crippen molar-refractivity contribution in [3.8, 4) is 23.1 Å². The molecule has 6 rings (SSSR count). The van der Waals surface area contributed by atoms with Crippen LogP contribution in [-0.2, 0) is 6.18 Å². The van der Waals surface area contributed by atoms with Crippen molar-refractivity contribution in [2.45, 2.75) is 56.5 Å². The van der Waals surface area contributed by atoms with Gasteiger partial charge < -0.3 is 25.4 Å². The Morgan fingerprint density at radius 2 is 2.05 bits per heavy atom. The van der Waals surface area contributed by atoms with Gasteiger partial charge in [-0.3, -0.25) is 4.90 Å². The maximum absolute atomic E-state index is 16.6. The second kappa shape index (κ2) is 11.6. The number of ether oxygens (including phenoxy) is 2. The first-order valence-corrected chi connectivity index (χ1v) is 14.9. The lowest BCUT2D eigenvalue weighted by atomic mass is 9.95. The van der Waals surface area contributed by atoms with Gasteiger partial charge in [0, 0.05) is 49.8 Å². The Morgan fingerprint density at radius 1 is 1.25 bits per heavy atom. The Labute approximate surface area is 255 Å². The molecule has 0 bridgehead atoms. The van der Waals surface area contributed by atoms with Gasteiger partial charge in [-0.1, -0.05) is 11.6 Å². The number of hydrogen-bond acceptors (Lipinski definition) is 9. The maximum Gasteiger partial charge on any atom is 0.418 e. The van der Waals surface area contributed by atoms with Gasteiger partial charge in [0.2, 0.25) is 5.88 Å². The van der Waals surface area contributed by atoms with E-state index >= 15 is 4.39 Å². The summed E-state index contributed by atoms with van der Waals surface area (Å²) >= 11 is 5.99. The molecule has 1 unspecified atom stereocenters. The topological polar surface area (TPSA) is 102 Å². The molecule has 0 radical (unpaired) electrons. The van der Waals surface area contributed by atoms with E-state index in [1.54, 1.807) is 7.05 Å². The lowest BCUT2D eigenvalue weighted by molar-refractivity contribution is -0.137. The van der Waals surface area contributed by atoms with Gasteiger partial charge in [-0.05, 0) is 45.5 Å². The summed E-state index contributed by atoms with van der Waals surface area (Å²) in [5.41, 5.74) is 2.30. The summed E-state index contributed by atoms with van der Waals surface area (Å²) in [7, 11) is 1.80. The summed E-state index contributed by atoms with van der Waals surface area (Å²) in [6, 6.07) is 1.64. The highest BCUT2D eigenvalue weighted by Gasteiger charge is 2.49. The zero-order valence-corrected chi connectivity index (χ0v) is 25.0. The van der Waals surface area contributed by atoms with Crippen LogP contribution in [0.3, 0.4) is 0 Å². The van der Waals surface area contributed by atoms with Gasteiger partial charge >= 0.3 is 12.2 Å². The fourth-order valence-electron chi connectivity index (χ4n) is 6.66. The fraction of sp³-hybridized carbons (Fsp3) is 0.552. The minimum Gasteiger partial charge on any atom is -0.477 e. The van der Waals surface area contributed by atoms with E-state index < -0.39 is 45.5 Å². The number of likely N-dealkylation sites (N-methyl/N-ethyl adjacent to an activating group) is 1. The van der Waals surface area contributed by atoms with Gasteiger partial charge in [-0.15, -0.1) is 0 Å². The largest absolute Gasteiger partial charge is 0.477 e. The fourth-order valence-corrected chi connectivity index (χ4v) is 6.99. The van der Waals surface area contributed by atoms with Crippen molar-refractivity contribution < 1.29 is 31.4 Å². The van der Waals surface area contributed by atoms with Gasteiger partial charge in [-0.2, -0.15) is 23.1 Å². The first-order chi connectivity index (χ1) is 20.9. The number of nitrogens with one attached hydrogen (secondary N) is 1. The van der Waals surface area contributed by atoms with Gasteiger partial charge in [0.15, 0.2) is 5.82 Å². The lowest BCUT2D eigenvalue weighted by Gasteiger charge is -2.34. The van der Waals surface area contributed by atoms with Crippen LogP contribution in [0.2, 0.25) is 5.02 Å². The molecule has 15 heteroatoms. The van der Waals surface area contributed by atoms with E-state index in [0.29, 0.717) is 32.5 Å². The Bertz CT molecular complexity index is 1580. The molecule has 3 atom stereocenters. The molecule has 3 aromatic rings. The average Bonchev–Trinajstić information content (AvgIpc) is 3.47. The van der Waals surface area contributed by atoms with Crippen LogP contribution < -0.4 is 25.4 Å². The van der Waals surface area contributed by atoms with Crippen LogP contribution in [0.5, 0.6) is 11.9 Å². The highest BCUT2D eigenvalue weighted by molar-refractivity contribution is 6.32. The van der Waals surface area contributed by atoms with Crippen molar-refractivity contribution in [2.75, 3.05) is 57.1 Å². The van der Waals surface area contributed by atoms with Crippen LogP contribution in [0.4, 0.5) is 33.5 Å². The molecule has 3 aliphatic heterocycles. The number of benzene rings is 1. The van der Waals surface area contributed by atoms with E-state index in [1.165, 1.54) is 0 Å². The standard InChI is InChI=1S/C29H33ClF5N7O2/c1-15-4-9-43-26-20-24(22(32)23(38-26)18-10-17(36)11-19(30)21(18)29(33,34)35)39-27(40-25(20)42(15)8-6-37-2)44-14-28-5-3-7-41(28)13-16(31)12-28/h10-11,15-16,37H,3-9,12-14,36H2,1-2H3/t15?,16-,28+/m1/s1. The number of pyridine rings is 1. The number of anilines is 2. The van der Waals surface area contributed by atoms with Crippen molar-refractivity contribution >= 4 is 34.0 Å². The molecule has 2 fully saturated rings. The average molecular weight is 642 g/mol.